The maximum atomic E-state index is 10.1. The smallest absolute Gasteiger partial charge is 0.0605 e. The SMILES string of the molecule is OCCCCC(O)C1C=CC(CNCC2=CC=CCC2)=CC1. The highest BCUT2D eigenvalue weighted by atomic mass is 16.3. The van der Waals surface area contributed by atoms with E-state index in [-0.39, 0.29) is 18.6 Å². The molecule has 0 saturated heterocycles. The zero-order chi connectivity index (χ0) is 15.6. The topological polar surface area (TPSA) is 52.5 Å². The number of aliphatic hydroxyl groups excluding tert-OH is 2. The Morgan fingerprint density at radius 3 is 2.86 bits per heavy atom. The van der Waals surface area contributed by atoms with Crippen LogP contribution in [0.2, 0.25) is 0 Å². The van der Waals surface area contributed by atoms with Gasteiger partial charge in [0.1, 0.15) is 0 Å². The van der Waals surface area contributed by atoms with Gasteiger partial charge in [-0.05, 0) is 44.1 Å². The van der Waals surface area contributed by atoms with Gasteiger partial charge < -0.3 is 15.5 Å². The zero-order valence-corrected chi connectivity index (χ0v) is 13.4. The van der Waals surface area contributed by atoms with Gasteiger partial charge in [0, 0.05) is 25.6 Å². The van der Waals surface area contributed by atoms with E-state index in [0.717, 1.165) is 45.2 Å². The van der Waals surface area contributed by atoms with Crippen LogP contribution in [0.4, 0.5) is 0 Å². The molecule has 2 rings (SSSR count). The molecule has 22 heavy (non-hydrogen) atoms. The molecule has 0 spiro atoms. The second-order valence-electron chi connectivity index (χ2n) is 6.22. The van der Waals surface area contributed by atoms with Gasteiger partial charge in [-0.2, -0.15) is 0 Å². The lowest BCUT2D eigenvalue weighted by atomic mass is 9.89. The summed E-state index contributed by atoms with van der Waals surface area (Å²) in [6.45, 7) is 2.07. The van der Waals surface area contributed by atoms with Crippen molar-refractivity contribution in [2.24, 2.45) is 5.92 Å². The van der Waals surface area contributed by atoms with Crippen LogP contribution >= 0.6 is 0 Å². The first kappa shape index (κ1) is 17.2. The van der Waals surface area contributed by atoms with E-state index in [4.69, 9.17) is 5.11 Å². The maximum absolute atomic E-state index is 10.1. The van der Waals surface area contributed by atoms with Crippen molar-refractivity contribution in [2.75, 3.05) is 19.7 Å². The molecular formula is C19H29NO2. The van der Waals surface area contributed by atoms with Crippen LogP contribution in [0.3, 0.4) is 0 Å². The normalized spacial score (nSPS) is 22.4. The predicted molar refractivity (Wildman–Crippen MR) is 91.6 cm³/mol. The second kappa shape index (κ2) is 9.78. The molecule has 0 aliphatic heterocycles. The van der Waals surface area contributed by atoms with Crippen LogP contribution in [0.25, 0.3) is 0 Å². The molecule has 0 aromatic rings. The number of rotatable bonds is 9. The van der Waals surface area contributed by atoms with Crippen LogP contribution in [0.5, 0.6) is 0 Å². The molecule has 0 saturated carbocycles. The molecule has 3 N–H and O–H groups in total. The van der Waals surface area contributed by atoms with Crippen LogP contribution in [0.15, 0.2) is 47.6 Å². The highest BCUT2D eigenvalue weighted by Gasteiger charge is 2.17. The van der Waals surface area contributed by atoms with E-state index in [1.807, 2.05) is 0 Å². The van der Waals surface area contributed by atoms with Crippen molar-refractivity contribution >= 4 is 0 Å². The van der Waals surface area contributed by atoms with E-state index >= 15 is 0 Å². The van der Waals surface area contributed by atoms with Gasteiger partial charge in [-0.3, -0.25) is 0 Å². The predicted octanol–water partition coefficient (Wildman–Crippen LogP) is 2.88. The minimum Gasteiger partial charge on any atom is -0.396 e. The molecule has 2 atom stereocenters. The van der Waals surface area contributed by atoms with Crippen molar-refractivity contribution in [3.63, 3.8) is 0 Å². The molecular weight excluding hydrogens is 274 g/mol. The molecule has 0 fully saturated rings. The van der Waals surface area contributed by atoms with Crippen molar-refractivity contribution in [1.29, 1.82) is 0 Å². The van der Waals surface area contributed by atoms with Gasteiger partial charge in [0.15, 0.2) is 0 Å². The lowest BCUT2D eigenvalue weighted by Crippen LogP contribution is -2.23. The molecule has 3 nitrogen and oxygen atoms in total. The van der Waals surface area contributed by atoms with Crippen molar-refractivity contribution < 1.29 is 10.2 Å². The Morgan fingerprint density at radius 2 is 2.18 bits per heavy atom. The summed E-state index contributed by atoms with van der Waals surface area (Å²) in [5, 5.41) is 22.4. The fourth-order valence-corrected chi connectivity index (χ4v) is 2.94. The van der Waals surface area contributed by atoms with E-state index in [9.17, 15) is 5.11 Å². The van der Waals surface area contributed by atoms with Gasteiger partial charge in [-0.1, -0.05) is 42.0 Å². The summed E-state index contributed by atoms with van der Waals surface area (Å²) in [6, 6.07) is 0. The molecule has 122 valence electrons. The molecule has 0 aromatic carbocycles. The molecule has 0 aromatic heterocycles. The first-order valence-corrected chi connectivity index (χ1v) is 8.51. The van der Waals surface area contributed by atoms with Gasteiger partial charge in [0.25, 0.3) is 0 Å². The zero-order valence-electron chi connectivity index (χ0n) is 13.4. The third-order valence-corrected chi connectivity index (χ3v) is 4.39. The number of allylic oxidation sites excluding steroid dienone is 4. The molecule has 0 radical (unpaired) electrons. The minimum atomic E-state index is -0.284. The van der Waals surface area contributed by atoms with Crippen LogP contribution in [0.1, 0.15) is 38.5 Å². The van der Waals surface area contributed by atoms with Crippen molar-refractivity contribution in [3.8, 4) is 0 Å². The highest BCUT2D eigenvalue weighted by molar-refractivity contribution is 5.26. The van der Waals surface area contributed by atoms with Gasteiger partial charge in [0.2, 0.25) is 0 Å². The monoisotopic (exact) mass is 303 g/mol. The Bertz CT molecular complexity index is 448. The summed E-state index contributed by atoms with van der Waals surface area (Å²) in [5.41, 5.74) is 2.78. The Labute approximate surface area is 134 Å². The summed E-state index contributed by atoms with van der Waals surface area (Å²) >= 11 is 0. The van der Waals surface area contributed by atoms with E-state index in [0.29, 0.717) is 0 Å². The number of nitrogens with one attached hydrogen (secondary N) is 1. The highest BCUT2D eigenvalue weighted by Crippen LogP contribution is 2.22. The molecule has 2 aliphatic carbocycles. The third-order valence-electron chi connectivity index (χ3n) is 4.39. The molecule has 3 heteroatoms. The quantitative estimate of drug-likeness (QED) is 0.574. The maximum Gasteiger partial charge on any atom is 0.0605 e. The van der Waals surface area contributed by atoms with Gasteiger partial charge in [0.05, 0.1) is 6.10 Å². The number of hydrogen-bond donors (Lipinski definition) is 3. The van der Waals surface area contributed by atoms with Crippen LogP contribution in [-0.2, 0) is 0 Å². The standard InChI is InChI=1S/C19H29NO2/c21-13-5-4-8-19(22)18-11-9-17(10-12-18)15-20-14-16-6-2-1-3-7-16/h1-2,6,9-11,18-22H,3-5,7-8,12-15H2. The Morgan fingerprint density at radius 1 is 1.27 bits per heavy atom. The second-order valence-corrected chi connectivity index (χ2v) is 6.22. The average molecular weight is 303 g/mol. The summed E-state index contributed by atoms with van der Waals surface area (Å²) < 4.78 is 0. The third kappa shape index (κ3) is 5.91. The summed E-state index contributed by atoms with van der Waals surface area (Å²) in [7, 11) is 0. The Hall–Kier alpha value is -1.16. The lowest BCUT2D eigenvalue weighted by Gasteiger charge is -2.22. The lowest BCUT2D eigenvalue weighted by molar-refractivity contribution is 0.115. The summed E-state index contributed by atoms with van der Waals surface area (Å²) in [6.07, 6.45) is 18.5. The van der Waals surface area contributed by atoms with Crippen molar-refractivity contribution in [3.05, 3.63) is 47.6 Å². The molecule has 0 heterocycles. The first-order chi connectivity index (χ1) is 10.8. The number of hydrogen-bond acceptors (Lipinski definition) is 3. The first-order valence-electron chi connectivity index (χ1n) is 8.51. The fourth-order valence-electron chi connectivity index (χ4n) is 2.94. The van der Waals surface area contributed by atoms with Crippen molar-refractivity contribution in [1.82, 2.24) is 5.32 Å². The molecule has 2 unspecified atom stereocenters. The summed E-state index contributed by atoms with van der Waals surface area (Å²) in [4.78, 5) is 0. The van der Waals surface area contributed by atoms with E-state index in [1.54, 1.807) is 0 Å². The van der Waals surface area contributed by atoms with Gasteiger partial charge in [-0.25, -0.2) is 0 Å². The average Bonchev–Trinajstić information content (AvgIpc) is 2.56. The fraction of sp³-hybridized carbons (Fsp3) is 0.579. The Kier molecular flexibility index (Phi) is 7.64. The van der Waals surface area contributed by atoms with E-state index in [1.165, 1.54) is 17.6 Å². The van der Waals surface area contributed by atoms with E-state index in [2.05, 4.69) is 41.8 Å². The van der Waals surface area contributed by atoms with Crippen LogP contribution < -0.4 is 5.32 Å². The largest absolute Gasteiger partial charge is 0.396 e. The van der Waals surface area contributed by atoms with Crippen LogP contribution in [0, 0.1) is 5.92 Å². The summed E-state index contributed by atoms with van der Waals surface area (Å²) in [5.74, 6) is 0.230. The van der Waals surface area contributed by atoms with E-state index < -0.39 is 0 Å². The molecule has 2 aliphatic rings. The minimum absolute atomic E-state index is 0.217. The van der Waals surface area contributed by atoms with Crippen LogP contribution in [-0.4, -0.2) is 36.0 Å². The van der Waals surface area contributed by atoms with Gasteiger partial charge >= 0.3 is 0 Å². The molecule has 0 amide bonds. The number of aliphatic hydroxyl groups is 2. The van der Waals surface area contributed by atoms with Crippen molar-refractivity contribution in [2.45, 2.75) is 44.6 Å². The Balaban J connectivity index is 1.65. The number of unbranched alkanes of at least 4 members (excludes halogenated alkanes) is 1. The van der Waals surface area contributed by atoms with Gasteiger partial charge in [-0.15, -0.1) is 0 Å². The molecule has 0 bridgehead atoms.